The van der Waals surface area contributed by atoms with E-state index in [2.05, 4.69) is 64.1 Å². The van der Waals surface area contributed by atoms with Gasteiger partial charge in [0, 0.05) is 55.2 Å². The molecule has 0 aliphatic carbocycles. The zero-order chi connectivity index (χ0) is 20.6. The van der Waals surface area contributed by atoms with Gasteiger partial charge in [-0.3, -0.25) is 4.90 Å². The quantitative estimate of drug-likeness (QED) is 0.669. The van der Waals surface area contributed by atoms with Crippen LogP contribution in [-0.4, -0.2) is 46.0 Å². The number of nitrogens with one attached hydrogen (secondary N) is 1. The molecule has 1 spiro atoms. The fourth-order valence-electron chi connectivity index (χ4n) is 5.37. The Balaban J connectivity index is 1.25. The second-order valence-electron chi connectivity index (χ2n) is 9.60. The van der Waals surface area contributed by atoms with E-state index in [0.717, 1.165) is 31.3 Å². The molecule has 5 nitrogen and oxygen atoms in total. The lowest BCUT2D eigenvalue weighted by Crippen LogP contribution is -2.49. The Hall–Kier alpha value is -2.40. The second kappa shape index (κ2) is 8.03. The van der Waals surface area contributed by atoms with Crippen LogP contribution in [0.25, 0.3) is 10.9 Å². The molecule has 0 bridgehead atoms. The van der Waals surface area contributed by atoms with Crippen molar-refractivity contribution in [1.82, 2.24) is 19.9 Å². The van der Waals surface area contributed by atoms with Gasteiger partial charge in [-0.05, 0) is 61.3 Å². The maximum Gasteiger partial charge on any atom is 0.225 e. The largest absolute Gasteiger partial charge is 0.361 e. The summed E-state index contributed by atoms with van der Waals surface area (Å²) in [5, 5.41) is 1.37. The third-order valence-corrected chi connectivity index (χ3v) is 7.17. The van der Waals surface area contributed by atoms with Gasteiger partial charge in [0.1, 0.15) is 0 Å². The standard InChI is InChI=1S/C25H33N5/c1-19(2)22-8-12-26-24(28-22)30-14-10-25(11-15-30)9-5-13-29(18-25)17-20-16-27-23-7-4-3-6-21(20)23/h3-4,6-8,12,16,19,27H,5,9-11,13-15,17-18H2,1-2H3. The highest BCUT2D eigenvalue weighted by molar-refractivity contribution is 5.82. The molecule has 5 rings (SSSR count). The molecule has 30 heavy (non-hydrogen) atoms. The van der Waals surface area contributed by atoms with Crippen LogP contribution in [0.1, 0.15) is 56.7 Å². The first-order valence-electron chi connectivity index (χ1n) is 11.5. The molecule has 2 aliphatic rings. The van der Waals surface area contributed by atoms with Crippen LogP contribution >= 0.6 is 0 Å². The van der Waals surface area contributed by atoms with Crippen LogP contribution in [0.15, 0.2) is 42.7 Å². The molecule has 158 valence electrons. The maximum atomic E-state index is 4.82. The number of anilines is 1. The molecule has 2 aliphatic heterocycles. The van der Waals surface area contributed by atoms with Gasteiger partial charge in [0.15, 0.2) is 0 Å². The van der Waals surface area contributed by atoms with Gasteiger partial charge in [-0.15, -0.1) is 0 Å². The molecule has 3 aromatic rings. The predicted molar refractivity (Wildman–Crippen MR) is 123 cm³/mol. The topological polar surface area (TPSA) is 48.1 Å². The van der Waals surface area contributed by atoms with E-state index in [0.29, 0.717) is 11.3 Å². The van der Waals surface area contributed by atoms with Crippen molar-refractivity contribution in [3.8, 4) is 0 Å². The molecule has 1 N–H and O–H groups in total. The molecule has 0 saturated carbocycles. The van der Waals surface area contributed by atoms with E-state index in [1.807, 2.05) is 12.3 Å². The number of benzene rings is 1. The SMILES string of the molecule is CC(C)c1ccnc(N2CCC3(CCCN(Cc4c[nH]c5ccccc45)C3)CC2)n1. The number of aromatic amines is 1. The van der Waals surface area contributed by atoms with Gasteiger partial charge in [-0.1, -0.05) is 32.0 Å². The van der Waals surface area contributed by atoms with Crippen molar-refractivity contribution in [3.63, 3.8) is 0 Å². The van der Waals surface area contributed by atoms with E-state index in [4.69, 9.17) is 4.98 Å². The Morgan fingerprint density at radius 1 is 1.07 bits per heavy atom. The Labute approximate surface area is 179 Å². The monoisotopic (exact) mass is 403 g/mol. The molecule has 2 fully saturated rings. The van der Waals surface area contributed by atoms with Crippen molar-refractivity contribution < 1.29 is 0 Å². The highest BCUT2D eigenvalue weighted by atomic mass is 15.3. The van der Waals surface area contributed by atoms with Gasteiger partial charge in [-0.2, -0.15) is 0 Å². The van der Waals surface area contributed by atoms with E-state index in [9.17, 15) is 0 Å². The zero-order valence-corrected chi connectivity index (χ0v) is 18.3. The van der Waals surface area contributed by atoms with Crippen LogP contribution in [-0.2, 0) is 6.54 Å². The third kappa shape index (κ3) is 3.83. The highest BCUT2D eigenvalue weighted by Crippen LogP contribution is 2.41. The molecule has 1 aromatic carbocycles. The molecule has 2 aromatic heterocycles. The van der Waals surface area contributed by atoms with Crippen molar-refractivity contribution in [1.29, 1.82) is 0 Å². The van der Waals surface area contributed by atoms with Crippen molar-refractivity contribution >= 4 is 16.9 Å². The van der Waals surface area contributed by atoms with E-state index in [1.165, 1.54) is 55.2 Å². The summed E-state index contributed by atoms with van der Waals surface area (Å²) in [7, 11) is 0. The van der Waals surface area contributed by atoms with E-state index in [-0.39, 0.29) is 0 Å². The number of rotatable bonds is 4. The molecule has 0 unspecified atom stereocenters. The molecular formula is C25H33N5. The average molecular weight is 404 g/mol. The lowest BCUT2D eigenvalue weighted by molar-refractivity contribution is 0.0605. The lowest BCUT2D eigenvalue weighted by Gasteiger charge is -2.47. The van der Waals surface area contributed by atoms with Crippen molar-refractivity contribution in [3.05, 3.63) is 54.0 Å². The normalized spacial score (nSPS) is 19.8. The summed E-state index contributed by atoms with van der Waals surface area (Å²) < 4.78 is 0. The summed E-state index contributed by atoms with van der Waals surface area (Å²) in [6, 6.07) is 10.7. The summed E-state index contributed by atoms with van der Waals surface area (Å²) in [6.07, 6.45) is 9.28. The first-order chi connectivity index (χ1) is 14.6. The number of nitrogens with zero attached hydrogens (tertiary/aromatic N) is 4. The van der Waals surface area contributed by atoms with Gasteiger partial charge in [0.05, 0.1) is 0 Å². The summed E-state index contributed by atoms with van der Waals surface area (Å²) in [5.41, 5.74) is 4.27. The van der Waals surface area contributed by atoms with Gasteiger partial charge >= 0.3 is 0 Å². The van der Waals surface area contributed by atoms with Gasteiger partial charge in [0.2, 0.25) is 5.95 Å². The lowest BCUT2D eigenvalue weighted by atomic mass is 9.72. The number of H-pyrrole nitrogens is 1. The van der Waals surface area contributed by atoms with Crippen LogP contribution in [0.2, 0.25) is 0 Å². The van der Waals surface area contributed by atoms with Gasteiger partial charge < -0.3 is 9.88 Å². The maximum absolute atomic E-state index is 4.82. The van der Waals surface area contributed by atoms with Crippen molar-refractivity contribution in [2.45, 2.75) is 52.0 Å². The number of aromatic nitrogens is 3. The number of likely N-dealkylation sites (tertiary alicyclic amines) is 1. The Bertz CT molecular complexity index is 999. The van der Waals surface area contributed by atoms with Gasteiger partial charge in [0.25, 0.3) is 0 Å². The summed E-state index contributed by atoms with van der Waals surface area (Å²) in [5.74, 6) is 1.36. The Kier molecular flexibility index (Phi) is 5.23. The van der Waals surface area contributed by atoms with Crippen LogP contribution in [0, 0.1) is 5.41 Å². The molecule has 4 heterocycles. The number of hydrogen-bond acceptors (Lipinski definition) is 4. The molecule has 0 atom stereocenters. The Morgan fingerprint density at radius 2 is 1.90 bits per heavy atom. The minimum Gasteiger partial charge on any atom is -0.361 e. The first kappa shape index (κ1) is 19.6. The minimum atomic E-state index is 0.444. The van der Waals surface area contributed by atoms with E-state index in [1.54, 1.807) is 0 Å². The summed E-state index contributed by atoms with van der Waals surface area (Å²) in [6.45, 7) is 10.0. The second-order valence-corrected chi connectivity index (χ2v) is 9.60. The fraction of sp³-hybridized carbons (Fsp3) is 0.520. The first-order valence-corrected chi connectivity index (χ1v) is 11.5. The van der Waals surface area contributed by atoms with Gasteiger partial charge in [-0.25, -0.2) is 9.97 Å². The van der Waals surface area contributed by atoms with Crippen LogP contribution < -0.4 is 4.90 Å². The molecule has 5 heteroatoms. The Morgan fingerprint density at radius 3 is 2.73 bits per heavy atom. The number of fused-ring (bicyclic) bond motifs is 1. The smallest absolute Gasteiger partial charge is 0.225 e. The van der Waals surface area contributed by atoms with E-state index >= 15 is 0 Å². The number of piperidine rings is 2. The van der Waals surface area contributed by atoms with Crippen LogP contribution in [0.4, 0.5) is 5.95 Å². The fourth-order valence-corrected chi connectivity index (χ4v) is 5.37. The van der Waals surface area contributed by atoms with Crippen molar-refractivity contribution in [2.24, 2.45) is 5.41 Å². The molecule has 2 saturated heterocycles. The number of hydrogen-bond donors (Lipinski definition) is 1. The minimum absolute atomic E-state index is 0.444. The predicted octanol–water partition coefficient (Wildman–Crippen LogP) is 4.96. The molecule has 0 radical (unpaired) electrons. The highest BCUT2D eigenvalue weighted by Gasteiger charge is 2.38. The average Bonchev–Trinajstić information content (AvgIpc) is 3.17. The summed E-state index contributed by atoms with van der Waals surface area (Å²) >= 11 is 0. The molecule has 0 amide bonds. The third-order valence-electron chi connectivity index (χ3n) is 7.17. The van der Waals surface area contributed by atoms with E-state index < -0.39 is 0 Å². The summed E-state index contributed by atoms with van der Waals surface area (Å²) in [4.78, 5) is 17.9. The zero-order valence-electron chi connectivity index (χ0n) is 18.3. The number of para-hydroxylation sites is 1. The van der Waals surface area contributed by atoms with Crippen LogP contribution in [0.3, 0.4) is 0 Å². The molecular weight excluding hydrogens is 370 g/mol. The van der Waals surface area contributed by atoms with Crippen LogP contribution in [0.5, 0.6) is 0 Å². The van der Waals surface area contributed by atoms with Crippen molar-refractivity contribution in [2.75, 3.05) is 31.1 Å².